The number of carboxylic acids is 1. The second-order valence-electron chi connectivity index (χ2n) is 3.57. The summed E-state index contributed by atoms with van der Waals surface area (Å²) >= 11 is 0. The fraction of sp³-hybridized carbons (Fsp3) is 0.167. The molecule has 0 bridgehead atoms. The van der Waals surface area contributed by atoms with E-state index in [9.17, 15) is 9.18 Å². The Labute approximate surface area is 96.7 Å². The number of halogens is 1. The molecule has 0 radical (unpaired) electrons. The minimum Gasteiger partial charge on any atom is -0.481 e. The molecule has 1 N–H and O–H groups in total. The number of hydrogen-bond donors (Lipinski definition) is 1. The first-order chi connectivity index (χ1) is 8.08. The van der Waals surface area contributed by atoms with Gasteiger partial charge >= 0.3 is 5.97 Å². The van der Waals surface area contributed by atoms with Crippen LogP contribution < -0.4 is 0 Å². The molecule has 0 aliphatic rings. The summed E-state index contributed by atoms with van der Waals surface area (Å²) in [4.78, 5) is 14.5. The summed E-state index contributed by atoms with van der Waals surface area (Å²) < 4.78 is 18.8. The van der Waals surface area contributed by atoms with Crippen LogP contribution in [0.25, 0.3) is 11.3 Å². The van der Waals surface area contributed by atoms with Crippen molar-refractivity contribution in [2.75, 3.05) is 0 Å². The molecule has 2 rings (SSSR count). The number of aromatic nitrogens is 1. The van der Waals surface area contributed by atoms with Crippen LogP contribution in [0.4, 0.5) is 4.39 Å². The summed E-state index contributed by atoms with van der Waals surface area (Å²) in [6.45, 7) is 1.65. The van der Waals surface area contributed by atoms with E-state index in [4.69, 9.17) is 9.52 Å². The molecule has 0 saturated carbocycles. The van der Waals surface area contributed by atoms with Gasteiger partial charge in [-0.05, 0) is 19.1 Å². The Kier molecular flexibility index (Phi) is 2.91. The average Bonchev–Trinajstić information content (AvgIpc) is 2.59. The highest BCUT2D eigenvalue weighted by molar-refractivity contribution is 5.69. The molecule has 0 unspecified atom stereocenters. The third kappa shape index (κ3) is 2.33. The van der Waals surface area contributed by atoms with Gasteiger partial charge in [0.05, 0.1) is 11.3 Å². The van der Waals surface area contributed by atoms with Crippen molar-refractivity contribution in [3.63, 3.8) is 0 Å². The Morgan fingerprint density at radius 3 is 2.82 bits per heavy atom. The van der Waals surface area contributed by atoms with Gasteiger partial charge in [0.25, 0.3) is 0 Å². The van der Waals surface area contributed by atoms with Crippen molar-refractivity contribution in [2.45, 2.75) is 13.3 Å². The summed E-state index contributed by atoms with van der Waals surface area (Å²) in [6, 6.07) is 6.13. The van der Waals surface area contributed by atoms with Gasteiger partial charge in [-0.2, -0.15) is 0 Å². The SMILES string of the molecule is Cc1nc(CC(=O)O)oc1-c1ccccc1F. The molecule has 0 saturated heterocycles. The predicted octanol–water partition coefficient (Wildman–Crippen LogP) is 2.42. The number of nitrogens with zero attached hydrogens (tertiary/aromatic N) is 1. The van der Waals surface area contributed by atoms with Crippen molar-refractivity contribution in [3.8, 4) is 11.3 Å². The minimum atomic E-state index is -1.04. The Morgan fingerprint density at radius 1 is 1.47 bits per heavy atom. The van der Waals surface area contributed by atoms with Crippen LogP contribution in [0, 0.1) is 12.7 Å². The van der Waals surface area contributed by atoms with E-state index in [0.717, 1.165) is 0 Å². The van der Waals surface area contributed by atoms with Crippen molar-refractivity contribution < 1.29 is 18.7 Å². The van der Waals surface area contributed by atoms with Crippen LogP contribution in [0.3, 0.4) is 0 Å². The van der Waals surface area contributed by atoms with Gasteiger partial charge in [0.2, 0.25) is 5.89 Å². The highest BCUT2D eigenvalue weighted by Gasteiger charge is 2.16. The van der Waals surface area contributed by atoms with E-state index >= 15 is 0 Å². The third-order valence-corrected chi connectivity index (χ3v) is 2.26. The number of carboxylic acid groups (broad SMARTS) is 1. The Morgan fingerprint density at radius 2 is 2.18 bits per heavy atom. The number of aryl methyl sites for hydroxylation is 1. The van der Waals surface area contributed by atoms with Crippen LogP contribution >= 0.6 is 0 Å². The molecule has 2 aromatic rings. The lowest BCUT2D eigenvalue weighted by Crippen LogP contribution is -1.99. The highest BCUT2D eigenvalue weighted by Crippen LogP contribution is 2.26. The van der Waals surface area contributed by atoms with Crippen molar-refractivity contribution in [2.24, 2.45) is 0 Å². The molecular weight excluding hydrogens is 225 g/mol. The van der Waals surface area contributed by atoms with Crippen LogP contribution in [-0.4, -0.2) is 16.1 Å². The fourth-order valence-electron chi connectivity index (χ4n) is 1.55. The normalized spacial score (nSPS) is 10.5. The van der Waals surface area contributed by atoms with Gasteiger partial charge in [-0.1, -0.05) is 12.1 Å². The molecule has 5 heteroatoms. The number of benzene rings is 1. The van der Waals surface area contributed by atoms with Crippen LogP contribution in [0.5, 0.6) is 0 Å². The molecule has 0 atom stereocenters. The van der Waals surface area contributed by atoms with Gasteiger partial charge in [-0.25, -0.2) is 9.37 Å². The van der Waals surface area contributed by atoms with Crippen molar-refractivity contribution in [3.05, 3.63) is 41.7 Å². The number of rotatable bonds is 3. The lowest BCUT2D eigenvalue weighted by atomic mass is 10.1. The molecule has 1 heterocycles. The van der Waals surface area contributed by atoms with E-state index in [1.165, 1.54) is 6.07 Å². The molecule has 4 nitrogen and oxygen atoms in total. The van der Waals surface area contributed by atoms with E-state index < -0.39 is 11.8 Å². The topological polar surface area (TPSA) is 63.3 Å². The summed E-state index contributed by atoms with van der Waals surface area (Å²) in [5.41, 5.74) is 0.764. The van der Waals surface area contributed by atoms with Gasteiger partial charge < -0.3 is 9.52 Å². The van der Waals surface area contributed by atoms with E-state index in [2.05, 4.69) is 4.98 Å². The van der Waals surface area contributed by atoms with E-state index in [0.29, 0.717) is 5.69 Å². The van der Waals surface area contributed by atoms with Gasteiger partial charge in [0, 0.05) is 0 Å². The Bertz CT molecular complexity index is 563. The molecule has 1 aromatic heterocycles. The van der Waals surface area contributed by atoms with Crippen LogP contribution in [0.1, 0.15) is 11.6 Å². The van der Waals surface area contributed by atoms with Gasteiger partial charge in [-0.15, -0.1) is 0 Å². The van der Waals surface area contributed by atoms with E-state index in [-0.39, 0.29) is 23.6 Å². The van der Waals surface area contributed by atoms with Gasteiger partial charge in [-0.3, -0.25) is 4.79 Å². The van der Waals surface area contributed by atoms with Crippen LogP contribution in [-0.2, 0) is 11.2 Å². The standard InChI is InChI=1S/C12H10FNO3/c1-7-12(8-4-2-3-5-9(8)13)17-10(14-7)6-11(15)16/h2-5H,6H2,1H3,(H,15,16). The molecule has 0 aliphatic carbocycles. The van der Waals surface area contributed by atoms with Crippen LogP contribution in [0.15, 0.2) is 28.7 Å². The summed E-state index contributed by atoms with van der Waals surface area (Å²) in [5, 5.41) is 8.62. The summed E-state index contributed by atoms with van der Waals surface area (Å²) in [5.74, 6) is -1.10. The zero-order valence-electron chi connectivity index (χ0n) is 9.11. The minimum absolute atomic E-state index is 0.0771. The molecule has 0 aliphatic heterocycles. The Hall–Kier alpha value is -2.17. The largest absolute Gasteiger partial charge is 0.481 e. The Balaban J connectivity index is 2.43. The molecule has 0 amide bonds. The molecular formula is C12H10FNO3. The first-order valence-electron chi connectivity index (χ1n) is 5.01. The quantitative estimate of drug-likeness (QED) is 0.887. The second kappa shape index (κ2) is 4.37. The third-order valence-electron chi connectivity index (χ3n) is 2.26. The van der Waals surface area contributed by atoms with Crippen molar-refractivity contribution in [1.29, 1.82) is 0 Å². The summed E-state index contributed by atoms with van der Waals surface area (Å²) in [6.07, 6.45) is -0.310. The highest BCUT2D eigenvalue weighted by atomic mass is 19.1. The van der Waals surface area contributed by atoms with Crippen molar-refractivity contribution >= 4 is 5.97 Å². The van der Waals surface area contributed by atoms with Crippen LogP contribution in [0.2, 0.25) is 0 Å². The average molecular weight is 235 g/mol. The monoisotopic (exact) mass is 235 g/mol. The van der Waals surface area contributed by atoms with Gasteiger partial charge in [0.15, 0.2) is 5.76 Å². The van der Waals surface area contributed by atoms with E-state index in [1.54, 1.807) is 25.1 Å². The predicted molar refractivity (Wildman–Crippen MR) is 58.0 cm³/mol. The summed E-state index contributed by atoms with van der Waals surface area (Å²) in [7, 11) is 0. The molecule has 0 fully saturated rings. The molecule has 0 spiro atoms. The fourth-order valence-corrected chi connectivity index (χ4v) is 1.55. The van der Waals surface area contributed by atoms with Gasteiger partial charge in [0.1, 0.15) is 12.2 Å². The molecule has 17 heavy (non-hydrogen) atoms. The lowest BCUT2D eigenvalue weighted by Gasteiger charge is -1.98. The van der Waals surface area contributed by atoms with Crippen molar-refractivity contribution in [1.82, 2.24) is 4.98 Å². The zero-order valence-corrected chi connectivity index (χ0v) is 9.11. The lowest BCUT2D eigenvalue weighted by molar-refractivity contribution is -0.136. The molecule has 88 valence electrons. The second-order valence-corrected chi connectivity index (χ2v) is 3.57. The maximum Gasteiger partial charge on any atom is 0.312 e. The maximum atomic E-state index is 13.5. The maximum absolute atomic E-state index is 13.5. The first-order valence-corrected chi connectivity index (χ1v) is 5.01. The number of aliphatic carboxylic acids is 1. The first kappa shape index (κ1) is 11.3. The number of hydrogen-bond acceptors (Lipinski definition) is 3. The molecule has 1 aromatic carbocycles. The number of carbonyl (C=O) groups is 1. The van der Waals surface area contributed by atoms with E-state index in [1.807, 2.05) is 0 Å². The smallest absolute Gasteiger partial charge is 0.312 e. The number of oxazole rings is 1. The zero-order chi connectivity index (χ0) is 12.4.